The van der Waals surface area contributed by atoms with E-state index in [0.717, 1.165) is 24.3 Å². The lowest BCUT2D eigenvalue weighted by molar-refractivity contribution is -0.132. The van der Waals surface area contributed by atoms with Crippen LogP contribution >= 0.6 is 0 Å². The molecule has 3 amide bonds. The number of Topliss-reactive ketones (excluding diaryl/α,β-unsaturated/α-hetero) is 2. The Morgan fingerprint density at radius 3 is 2.32 bits per heavy atom. The van der Waals surface area contributed by atoms with Crippen LogP contribution in [0.1, 0.15) is 66.2 Å². The van der Waals surface area contributed by atoms with Gasteiger partial charge in [-0.05, 0) is 31.4 Å². The van der Waals surface area contributed by atoms with Crippen LogP contribution in [0.5, 0.6) is 5.75 Å². The van der Waals surface area contributed by atoms with Crippen LogP contribution in [0.3, 0.4) is 0 Å². The number of rotatable bonds is 17. The highest BCUT2D eigenvalue weighted by Gasteiger charge is 2.45. The third kappa shape index (κ3) is 8.17. The Morgan fingerprint density at radius 1 is 0.947 bits per heavy atom. The maximum atomic E-state index is 13.1. The molecule has 1 aromatic rings. The zero-order chi connectivity index (χ0) is 27.3. The molecule has 2 aliphatic rings. The SMILES string of the molecule is CCCCOCCOCCOCCCNC(=O)COc1cccc2c1C(=O)N(C1CCC(=O)CC1=O)C2=O. The van der Waals surface area contributed by atoms with Crippen LogP contribution in [-0.4, -0.2) is 93.0 Å². The van der Waals surface area contributed by atoms with E-state index in [4.69, 9.17) is 18.9 Å². The normalized spacial score (nSPS) is 17.2. The second-order valence-corrected chi connectivity index (χ2v) is 9.08. The number of amides is 3. The Bertz CT molecular complexity index is 1010. The summed E-state index contributed by atoms with van der Waals surface area (Å²) in [4.78, 5) is 62.9. The first kappa shape index (κ1) is 29.4. The highest BCUT2D eigenvalue weighted by molar-refractivity contribution is 6.24. The van der Waals surface area contributed by atoms with Gasteiger partial charge in [0.15, 0.2) is 12.4 Å². The van der Waals surface area contributed by atoms with E-state index in [9.17, 15) is 24.0 Å². The molecule has 1 N–H and O–H groups in total. The first-order valence-corrected chi connectivity index (χ1v) is 13.1. The van der Waals surface area contributed by atoms with Gasteiger partial charge < -0.3 is 24.3 Å². The van der Waals surface area contributed by atoms with Gasteiger partial charge in [-0.25, -0.2) is 0 Å². The maximum Gasteiger partial charge on any atom is 0.266 e. The number of benzene rings is 1. The van der Waals surface area contributed by atoms with Crippen molar-refractivity contribution < 1.29 is 42.9 Å². The van der Waals surface area contributed by atoms with Crippen molar-refractivity contribution in [1.82, 2.24) is 10.2 Å². The summed E-state index contributed by atoms with van der Waals surface area (Å²) in [6, 6.07) is 3.57. The van der Waals surface area contributed by atoms with Gasteiger partial charge in [0.05, 0.1) is 50.0 Å². The van der Waals surface area contributed by atoms with E-state index in [1.807, 2.05) is 0 Å². The zero-order valence-corrected chi connectivity index (χ0v) is 21.8. The molecule has 1 atom stereocenters. The molecule has 1 fully saturated rings. The van der Waals surface area contributed by atoms with Gasteiger partial charge in [-0.15, -0.1) is 0 Å². The minimum atomic E-state index is -0.963. The molecule has 1 aliphatic heterocycles. The standard InChI is InChI=1S/C27H36N2O9/c1-2-3-11-35-13-15-37-16-14-36-12-5-10-28-24(32)18-38-23-7-4-6-20-25(23)27(34)29(26(20)33)21-9-8-19(30)17-22(21)31/h4,6-7,21H,2-3,5,8-18H2,1H3,(H,28,32). The van der Waals surface area contributed by atoms with Crippen molar-refractivity contribution in [2.45, 2.75) is 51.5 Å². The van der Waals surface area contributed by atoms with Crippen molar-refractivity contribution in [2.24, 2.45) is 0 Å². The third-order valence-electron chi connectivity index (χ3n) is 6.19. The number of nitrogens with one attached hydrogen (secondary N) is 1. The Kier molecular flexibility index (Phi) is 11.8. The van der Waals surface area contributed by atoms with Gasteiger partial charge in [-0.3, -0.25) is 28.9 Å². The molecule has 11 nitrogen and oxygen atoms in total. The van der Waals surface area contributed by atoms with Gasteiger partial charge in [0.25, 0.3) is 17.7 Å². The van der Waals surface area contributed by atoms with Crippen LogP contribution in [0.25, 0.3) is 0 Å². The van der Waals surface area contributed by atoms with Gasteiger partial charge in [0.1, 0.15) is 11.5 Å². The Labute approximate surface area is 222 Å². The minimum Gasteiger partial charge on any atom is -0.483 e. The molecule has 1 heterocycles. The molecular formula is C27H36N2O9. The van der Waals surface area contributed by atoms with Crippen molar-refractivity contribution in [3.63, 3.8) is 0 Å². The molecule has 0 radical (unpaired) electrons. The van der Waals surface area contributed by atoms with Crippen LogP contribution < -0.4 is 10.1 Å². The molecule has 1 aliphatic carbocycles. The van der Waals surface area contributed by atoms with Crippen LogP contribution in [0.2, 0.25) is 0 Å². The molecule has 38 heavy (non-hydrogen) atoms. The van der Waals surface area contributed by atoms with Gasteiger partial charge in [0, 0.05) is 26.2 Å². The highest BCUT2D eigenvalue weighted by atomic mass is 16.5. The molecule has 0 aromatic heterocycles. The molecular weight excluding hydrogens is 496 g/mol. The van der Waals surface area contributed by atoms with Gasteiger partial charge in [-0.1, -0.05) is 19.4 Å². The fourth-order valence-corrected chi connectivity index (χ4v) is 4.19. The average molecular weight is 533 g/mol. The van der Waals surface area contributed by atoms with Gasteiger partial charge in [0.2, 0.25) is 0 Å². The van der Waals surface area contributed by atoms with Crippen LogP contribution in [0.15, 0.2) is 18.2 Å². The van der Waals surface area contributed by atoms with Crippen LogP contribution in [0.4, 0.5) is 0 Å². The maximum absolute atomic E-state index is 13.1. The van der Waals surface area contributed by atoms with Crippen molar-refractivity contribution in [3.8, 4) is 5.75 Å². The number of ketones is 2. The van der Waals surface area contributed by atoms with Crippen molar-refractivity contribution in [2.75, 3.05) is 52.8 Å². The zero-order valence-electron chi connectivity index (χ0n) is 21.8. The number of nitrogens with zero attached hydrogens (tertiary/aromatic N) is 1. The summed E-state index contributed by atoms with van der Waals surface area (Å²) in [5, 5.41) is 2.72. The molecule has 0 bridgehead atoms. The minimum absolute atomic E-state index is 0.0261. The summed E-state index contributed by atoms with van der Waals surface area (Å²) in [6.07, 6.45) is 2.73. The number of carbonyl (C=O) groups is 5. The number of hydrogen-bond acceptors (Lipinski definition) is 9. The summed E-state index contributed by atoms with van der Waals surface area (Å²) in [7, 11) is 0. The molecule has 11 heteroatoms. The van der Waals surface area contributed by atoms with E-state index in [2.05, 4.69) is 12.2 Å². The van der Waals surface area contributed by atoms with Crippen molar-refractivity contribution >= 4 is 29.3 Å². The molecule has 1 unspecified atom stereocenters. The van der Waals surface area contributed by atoms with E-state index >= 15 is 0 Å². The van der Waals surface area contributed by atoms with E-state index in [-0.39, 0.29) is 54.4 Å². The number of carbonyl (C=O) groups excluding carboxylic acids is 5. The van der Waals surface area contributed by atoms with Crippen molar-refractivity contribution in [1.29, 1.82) is 0 Å². The highest BCUT2D eigenvalue weighted by Crippen LogP contribution is 2.34. The van der Waals surface area contributed by atoms with Crippen LogP contribution in [-0.2, 0) is 28.6 Å². The van der Waals surface area contributed by atoms with E-state index < -0.39 is 23.6 Å². The summed E-state index contributed by atoms with van der Waals surface area (Å²) in [6.45, 7) is 5.41. The predicted molar refractivity (Wildman–Crippen MR) is 135 cm³/mol. The molecule has 208 valence electrons. The largest absolute Gasteiger partial charge is 0.483 e. The second kappa shape index (κ2) is 15.3. The fourth-order valence-electron chi connectivity index (χ4n) is 4.19. The molecule has 0 saturated heterocycles. The van der Waals surface area contributed by atoms with Gasteiger partial charge in [-0.2, -0.15) is 0 Å². The van der Waals surface area contributed by atoms with E-state index in [1.165, 1.54) is 12.1 Å². The second-order valence-electron chi connectivity index (χ2n) is 9.08. The lowest BCUT2D eigenvalue weighted by atomic mass is 9.92. The Balaban J connectivity index is 1.34. The Hall–Kier alpha value is -3.15. The number of unbranched alkanes of at least 4 members (excludes halogenated alkanes) is 1. The first-order valence-electron chi connectivity index (χ1n) is 13.1. The summed E-state index contributed by atoms with van der Waals surface area (Å²) < 4.78 is 21.8. The number of hydrogen-bond donors (Lipinski definition) is 1. The number of imide groups is 1. The molecule has 1 aromatic carbocycles. The van der Waals surface area contributed by atoms with Crippen LogP contribution in [0, 0.1) is 0 Å². The summed E-state index contributed by atoms with van der Waals surface area (Å²) in [5.41, 5.74) is 0.140. The molecule has 1 saturated carbocycles. The fraction of sp³-hybridized carbons (Fsp3) is 0.593. The average Bonchev–Trinajstić information content (AvgIpc) is 3.15. The quantitative estimate of drug-likeness (QED) is 0.181. The lowest BCUT2D eigenvalue weighted by Gasteiger charge is -2.27. The van der Waals surface area contributed by atoms with Crippen molar-refractivity contribution in [3.05, 3.63) is 29.3 Å². The monoisotopic (exact) mass is 532 g/mol. The first-order chi connectivity index (χ1) is 18.4. The molecule has 0 spiro atoms. The van der Waals surface area contributed by atoms with Gasteiger partial charge >= 0.3 is 0 Å². The Morgan fingerprint density at radius 2 is 1.63 bits per heavy atom. The van der Waals surface area contributed by atoms with E-state index in [1.54, 1.807) is 6.07 Å². The predicted octanol–water partition coefficient (Wildman–Crippen LogP) is 1.71. The third-order valence-corrected chi connectivity index (χ3v) is 6.19. The smallest absolute Gasteiger partial charge is 0.266 e. The number of ether oxygens (including phenoxy) is 4. The van der Waals surface area contributed by atoms with E-state index in [0.29, 0.717) is 46.0 Å². The summed E-state index contributed by atoms with van der Waals surface area (Å²) in [5.74, 6) is -2.18. The molecule has 3 rings (SSSR count). The number of fused-ring (bicyclic) bond motifs is 1. The lowest BCUT2D eigenvalue weighted by Crippen LogP contribution is -2.47. The topological polar surface area (TPSA) is 138 Å². The summed E-state index contributed by atoms with van der Waals surface area (Å²) >= 11 is 0.